The SMILES string of the molecule is COc1nc(-c2cccc(-c3cccc(-c4ccc5c(n4)N(C)CC[C@H]5NC[C@H]4CCC(=O)N4)c3Cl)c2Cl)ccc1CNC[C@H]1CCC(=O)N1. The predicted molar refractivity (Wildman–Crippen MR) is 198 cm³/mol. The van der Waals surface area contributed by atoms with Gasteiger partial charge >= 0.3 is 0 Å². The molecule has 2 saturated heterocycles. The molecule has 10 nitrogen and oxygen atoms in total. The predicted octanol–water partition coefficient (Wildman–Crippen LogP) is 5.91. The lowest BCUT2D eigenvalue weighted by Crippen LogP contribution is -2.40. The number of hydrogen-bond donors (Lipinski definition) is 4. The zero-order valence-corrected chi connectivity index (χ0v) is 29.7. The largest absolute Gasteiger partial charge is 0.481 e. The minimum Gasteiger partial charge on any atom is -0.481 e. The van der Waals surface area contributed by atoms with Gasteiger partial charge in [0.25, 0.3) is 0 Å². The van der Waals surface area contributed by atoms with Crippen LogP contribution < -0.4 is 30.9 Å². The minimum atomic E-state index is 0.103. The zero-order valence-electron chi connectivity index (χ0n) is 28.2. The Kier molecular flexibility index (Phi) is 10.2. The number of halogens is 2. The Hall–Kier alpha value is -4.22. The first-order valence-corrected chi connectivity index (χ1v) is 17.9. The van der Waals surface area contributed by atoms with E-state index in [1.807, 2.05) is 54.6 Å². The van der Waals surface area contributed by atoms with E-state index in [1.54, 1.807) is 7.11 Å². The van der Waals surface area contributed by atoms with Crippen LogP contribution in [0.3, 0.4) is 0 Å². The molecule has 50 heavy (non-hydrogen) atoms. The zero-order chi connectivity index (χ0) is 34.8. The number of fused-ring (bicyclic) bond motifs is 1. The van der Waals surface area contributed by atoms with Crippen LogP contribution in [0.2, 0.25) is 10.0 Å². The van der Waals surface area contributed by atoms with Crippen LogP contribution in [0, 0.1) is 0 Å². The molecule has 2 amide bonds. The summed E-state index contributed by atoms with van der Waals surface area (Å²) in [6.07, 6.45) is 3.83. The molecule has 12 heteroatoms. The number of nitrogens with zero attached hydrogens (tertiary/aromatic N) is 3. The number of carbonyl (C=O) groups excluding carboxylic acids is 2. The third kappa shape index (κ3) is 7.16. The number of methoxy groups -OCH3 is 1. The third-order valence-corrected chi connectivity index (χ3v) is 10.7. The first-order valence-electron chi connectivity index (χ1n) is 17.2. The van der Waals surface area contributed by atoms with E-state index in [-0.39, 0.29) is 29.9 Å². The fourth-order valence-corrected chi connectivity index (χ4v) is 7.76. The molecule has 5 heterocycles. The fraction of sp³-hybridized carbons (Fsp3) is 0.368. The van der Waals surface area contributed by atoms with Crippen molar-refractivity contribution in [1.29, 1.82) is 0 Å². The maximum atomic E-state index is 11.7. The number of carbonyl (C=O) groups is 2. The second-order valence-corrected chi connectivity index (χ2v) is 14.0. The maximum absolute atomic E-state index is 11.7. The number of rotatable bonds is 11. The lowest BCUT2D eigenvalue weighted by molar-refractivity contribution is -0.120. The molecule has 0 bridgehead atoms. The van der Waals surface area contributed by atoms with Crippen LogP contribution in [0.15, 0.2) is 60.7 Å². The summed E-state index contributed by atoms with van der Waals surface area (Å²) >= 11 is 14.3. The number of pyridine rings is 2. The summed E-state index contributed by atoms with van der Waals surface area (Å²) in [5.74, 6) is 1.67. The van der Waals surface area contributed by atoms with Crippen LogP contribution in [-0.2, 0) is 16.1 Å². The van der Waals surface area contributed by atoms with Crippen molar-refractivity contribution in [2.24, 2.45) is 0 Å². The Bertz CT molecular complexity index is 1920. The molecule has 3 aliphatic heterocycles. The van der Waals surface area contributed by atoms with E-state index in [2.05, 4.69) is 39.3 Å². The van der Waals surface area contributed by atoms with Gasteiger partial charge in [0.15, 0.2) is 0 Å². The van der Waals surface area contributed by atoms with E-state index in [9.17, 15) is 9.59 Å². The molecule has 0 radical (unpaired) electrons. The Morgan fingerprint density at radius 3 is 2.02 bits per heavy atom. The van der Waals surface area contributed by atoms with Crippen molar-refractivity contribution >= 4 is 40.8 Å². The van der Waals surface area contributed by atoms with Gasteiger partial charge in [-0.25, -0.2) is 9.97 Å². The van der Waals surface area contributed by atoms with Crippen molar-refractivity contribution in [1.82, 2.24) is 31.2 Å². The fourth-order valence-electron chi connectivity index (χ4n) is 7.12. The van der Waals surface area contributed by atoms with Gasteiger partial charge in [0, 0.05) is 97.6 Å². The van der Waals surface area contributed by atoms with Crippen LogP contribution in [0.1, 0.15) is 49.3 Å². The van der Waals surface area contributed by atoms with Crippen molar-refractivity contribution < 1.29 is 14.3 Å². The lowest BCUT2D eigenvalue weighted by Gasteiger charge is -2.33. The van der Waals surface area contributed by atoms with Crippen LogP contribution >= 0.6 is 23.2 Å². The Labute approximate surface area is 302 Å². The second kappa shape index (κ2) is 14.9. The van der Waals surface area contributed by atoms with Crippen molar-refractivity contribution in [2.75, 3.05) is 38.7 Å². The molecule has 4 N–H and O–H groups in total. The van der Waals surface area contributed by atoms with E-state index in [4.69, 9.17) is 37.9 Å². The van der Waals surface area contributed by atoms with Gasteiger partial charge in [0.1, 0.15) is 5.82 Å². The Morgan fingerprint density at radius 2 is 1.40 bits per heavy atom. The van der Waals surface area contributed by atoms with Crippen LogP contribution in [0.4, 0.5) is 5.82 Å². The van der Waals surface area contributed by atoms with E-state index >= 15 is 0 Å². The average molecular weight is 715 g/mol. The molecule has 2 aromatic carbocycles. The number of amides is 2. The molecule has 7 rings (SSSR count). The number of nitrogens with one attached hydrogen (secondary N) is 4. The molecule has 260 valence electrons. The van der Waals surface area contributed by atoms with Crippen LogP contribution in [0.5, 0.6) is 5.88 Å². The summed E-state index contributed by atoms with van der Waals surface area (Å²) in [6, 6.07) is 20.4. The highest BCUT2D eigenvalue weighted by Crippen LogP contribution is 2.43. The smallest absolute Gasteiger partial charge is 0.220 e. The highest BCUT2D eigenvalue weighted by molar-refractivity contribution is 6.39. The van der Waals surface area contributed by atoms with Gasteiger partial charge < -0.3 is 30.9 Å². The molecule has 0 aliphatic carbocycles. The van der Waals surface area contributed by atoms with Crippen molar-refractivity contribution in [3.63, 3.8) is 0 Å². The Balaban J connectivity index is 1.12. The molecule has 3 aliphatic rings. The summed E-state index contributed by atoms with van der Waals surface area (Å²) in [5.41, 5.74) is 6.70. The highest BCUT2D eigenvalue weighted by Gasteiger charge is 2.28. The maximum Gasteiger partial charge on any atom is 0.220 e. The van der Waals surface area contributed by atoms with E-state index < -0.39 is 0 Å². The normalized spacial score (nSPS) is 20.1. The number of benzene rings is 2. The molecule has 3 atom stereocenters. The summed E-state index contributed by atoms with van der Waals surface area (Å²) < 4.78 is 5.67. The van der Waals surface area contributed by atoms with Crippen LogP contribution in [-0.4, -0.2) is 67.7 Å². The summed E-state index contributed by atoms with van der Waals surface area (Å²) in [6.45, 7) is 2.84. The number of ether oxygens (including phenoxy) is 1. The summed E-state index contributed by atoms with van der Waals surface area (Å²) in [4.78, 5) is 35.3. The third-order valence-electron chi connectivity index (χ3n) is 9.85. The average Bonchev–Trinajstić information content (AvgIpc) is 3.75. The van der Waals surface area contributed by atoms with Gasteiger partial charge in [-0.3, -0.25) is 9.59 Å². The van der Waals surface area contributed by atoms with Crippen molar-refractivity contribution in [3.05, 3.63) is 81.8 Å². The van der Waals surface area contributed by atoms with Gasteiger partial charge in [-0.2, -0.15) is 0 Å². The number of anilines is 1. The van der Waals surface area contributed by atoms with Crippen LogP contribution in [0.25, 0.3) is 33.6 Å². The standard InChI is InChI=1S/C38H41Cl2N7O3/c1-47-18-17-30(42-21-24-11-16-34(49)44-24)29-12-14-31(45-37(29)47)27-7-3-5-25(35(27)39)26-6-4-8-28(36(26)40)32-13-9-22(38(46-32)50-2)19-41-20-23-10-15-33(48)43-23/h3-9,12-14,23-24,30,41-42H,10-11,15-21H2,1-2H3,(H,43,48)(H,44,49)/t23-,24-,30-/m1/s1. The number of aromatic nitrogens is 2. The highest BCUT2D eigenvalue weighted by atomic mass is 35.5. The molecule has 2 fully saturated rings. The van der Waals surface area contributed by atoms with Crippen molar-refractivity contribution in [3.8, 4) is 39.5 Å². The molecule has 0 unspecified atom stereocenters. The topological polar surface area (TPSA) is 121 Å². The summed E-state index contributed by atoms with van der Waals surface area (Å²) in [7, 11) is 3.67. The van der Waals surface area contributed by atoms with Gasteiger partial charge in [-0.05, 0) is 31.4 Å². The molecule has 0 saturated carbocycles. The molecular weight excluding hydrogens is 673 g/mol. The quantitative estimate of drug-likeness (QED) is 0.152. The van der Waals surface area contributed by atoms with Gasteiger partial charge in [0.05, 0.1) is 28.5 Å². The molecule has 4 aromatic rings. The van der Waals surface area contributed by atoms with E-state index in [1.165, 1.54) is 0 Å². The van der Waals surface area contributed by atoms with E-state index in [0.717, 1.165) is 77.2 Å². The number of hydrogen-bond acceptors (Lipinski definition) is 8. The first kappa shape index (κ1) is 34.2. The Morgan fingerprint density at radius 1 is 0.800 bits per heavy atom. The first-order chi connectivity index (χ1) is 24.3. The van der Waals surface area contributed by atoms with E-state index in [0.29, 0.717) is 47.6 Å². The lowest BCUT2D eigenvalue weighted by atomic mass is 9.96. The van der Waals surface area contributed by atoms with Gasteiger partial charge in [0.2, 0.25) is 17.7 Å². The summed E-state index contributed by atoms with van der Waals surface area (Å²) in [5, 5.41) is 14.2. The minimum absolute atomic E-state index is 0.103. The van der Waals surface area contributed by atoms with Gasteiger partial charge in [-0.1, -0.05) is 71.7 Å². The molecule has 0 spiro atoms. The molecule has 2 aromatic heterocycles. The van der Waals surface area contributed by atoms with Gasteiger partial charge in [-0.15, -0.1) is 0 Å². The van der Waals surface area contributed by atoms with Crippen molar-refractivity contribution in [2.45, 2.75) is 56.8 Å². The monoisotopic (exact) mass is 713 g/mol. The second-order valence-electron chi connectivity index (χ2n) is 13.2. The molecular formula is C38H41Cl2N7O3.